The normalized spacial score (nSPS) is 14.2. The lowest BCUT2D eigenvalue weighted by Crippen LogP contribution is -2.15. The Labute approximate surface area is 105 Å². The van der Waals surface area contributed by atoms with Crippen molar-refractivity contribution in [3.8, 4) is 5.75 Å². The van der Waals surface area contributed by atoms with Gasteiger partial charge in [-0.3, -0.25) is 4.79 Å². The van der Waals surface area contributed by atoms with Gasteiger partial charge in [-0.1, -0.05) is 12.2 Å². The Morgan fingerprint density at radius 3 is 2.76 bits per heavy atom. The number of methoxy groups -OCH3 is 1. The molecule has 0 aromatic heterocycles. The number of hydrogen-bond donors (Lipinski definition) is 2. The van der Waals surface area contributed by atoms with Crippen molar-refractivity contribution in [3.63, 3.8) is 0 Å². The van der Waals surface area contributed by atoms with E-state index in [0.717, 1.165) is 18.4 Å². The van der Waals surface area contributed by atoms with Gasteiger partial charge in [0.15, 0.2) is 0 Å². The van der Waals surface area contributed by atoms with Crippen molar-refractivity contribution < 1.29 is 9.53 Å². The smallest absolute Gasteiger partial charge is 0.227 e. The molecule has 90 valence electrons. The van der Waals surface area contributed by atoms with Gasteiger partial charge < -0.3 is 15.8 Å². The van der Waals surface area contributed by atoms with Crippen LogP contribution in [0.4, 0.5) is 5.69 Å². The van der Waals surface area contributed by atoms with Crippen LogP contribution in [-0.2, 0) is 4.79 Å². The molecule has 0 radical (unpaired) electrons. The molecule has 1 amide bonds. The van der Waals surface area contributed by atoms with Gasteiger partial charge >= 0.3 is 0 Å². The van der Waals surface area contributed by atoms with Gasteiger partial charge in [0.25, 0.3) is 0 Å². The lowest BCUT2D eigenvalue weighted by molar-refractivity contribution is -0.117. The van der Waals surface area contributed by atoms with Crippen LogP contribution in [0.1, 0.15) is 18.4 Å². The maximum absolute atomic E-state index is 11.6. The lowest BCUT2D eigenvalue weighted by Gasteiger charge is -2.11. The average molecular weight is 250 g/mol. The molecule has 2 rings (SSSR count). The SMILES string of the molecule is COc1cc(C(N)=S)ccc1NC(=O)C1CC1. The van der Waals surface area contributed by atoms with Crippen molar-refractivity contribution >= 4 is 28.8 Å². The van der Waals surface area contributed by atoms with Gasteiger partial charge in [-0.05, 0) is 31.0 Å². The van der Waals surface area contributed by atoms with Crippen molar-refractivity contribution in [2.24, 2.45) is 11.7 Å². The quantitative estimate of drug-likeness (QED) is 0.798. The van der Waals surface area contributed by atoms with E-state index in [9.17, 15) is 4.79 Å². The van der Waals surface area contributed by atoms with E-state index >= 15 is 0 Å². The molecule has 1 aromatic rings. The second-order valence-electron chi connectivity index (χ2n) is 4.04. The number of rotatable bonds is 4. The first kappa shape index (κ1) is 11.9. The number of nitrogens with two attached hydrogens (primary N) is 1. The number of ether oxygens (including phenoxy) is 1. The van der Waals surface area contributed by atoms with Crippen molar-refractivity contribution in [2.45, 2.75) is 12.8 Å². The van der Waals surface area contributed by atoms with E-state index in [1.165, 1.54) is 0 Å². The number of anilines is 1. The summed E-state index contributed by atoms with van der Waals surface area (Å²) >= 11 is 4.89. The zero-order chi connectivity index (χ0) is 12.4. The highest BCUT2D eigenvalue weighted by Crippen LogP contribution is 2.32. The number of thiocarbonyl (C=S) groups is 1. The van der Waals surface area contributed by atoms with Crippen LogP contribution in [-0.4, -0.2) is 18.0 Å². The first-order valence-corrected chi connectivity index (χ1v) is 5.81. The van der Waals surface area contributed by atoms with E-state index in [1.54, 1.807) is 25.3 Å². The topological polar surface area (TPSA) is 64.3 Å². The van der Waals surface area contributed by atoms with Gasteiger partial charge in [0, 0.05) is 11.5 Å². The predicted molar refractivity (Wildman–Crippen MR) is 70.2 cm³/mol. The van der Waals surface area contributed by atoms with Gasteiger partial charge in [-0.2, -0.15) is 0 Å². The molecule has 0 bridgehead atoms. The van der Waals surface area contributed by atoms with Gasteiger partial charge in [-0.25, -0.2) is 0 Å². The van der Waals surface area contributed by atoms with Crippen LogP contribution in [0, 0.1) is 5.92 Å². The van der Waals surface area contributed by atoms with E-state index in [0.29, 0.717) is 16.4 Å². The summed E-state index contributed by atoms with van der Waals surface area (Å²) in [6.07, 6.45) is 1.94. The Morgan fingerprint density at radius 1 is 1.53 bits per heavy atom. The highest BCUT2D eigenvalue weighted by molar-refractivity contribution is 7.80. The molecule has 4 nitrogen and oxygen atoms in total. The van der Waals surface area contributed by atoms with Crippen LogP contribution in [0.25, 0.3) is 0 Å². The van der Waals surface area contributed by atoms with Crippen LogP contribution in [0.5, 0.6) is 5.75 Å². The number of benzene rings is 1. The summed E-state index contributed by atoms with van der Waals surface area (Å²) in [5.41, 5.74) is 6.92. The molecular formula is C12H14N2O2S. The van der Waals surface area contributed by atoms with Crippen LogP contribution in [0.15, 0.2) is 18.2 Å². The molecule has 0 heterocycles. The van der Waals surface area contributed by atoms with Gasteiger partial charge in [-0.15, -0.1) is 0 Å². The van der Waals surface area contributed by atoms with Crippen LogP contribution in [0.2, 0.25) is 0 Å². The lowest BCUT2D eigenvalue weighted by atomic mass is 10.2. The molecule has 0 spiro atoms. The molecule has 5 heteroatoms. The molecule has 17 heavy (non-hydrogen) atoms. The van der Waals surface area contributed by atoms with Crippen LogP contribution in [0.3, 0.4) is 0 Å². The number of hydrogen-bond acceptors (Lipinski definition) is 3. The molecule has 1 saturated carbocycles. The van der Waals surface area contributed by atoms with Crippen molar-refractivity contribution in [1.29, 1.82) is 0 Å². The van der Waals surface area contributed by atoms with Crippen molar-refractivity contribution in [3.05, 3.63) is 23.8 Å². The molecule has 1 aliphatic carbocycles. The number of nitrogens with one attached hydrogen (secondary N) is 1. The fourth-order valence-corrected chi connectivity index (χ4v) is 1.66. The molecule has 0 atom stereocenters. The molecule has 0 aliphatic heterocycles. The number of carbonyl (C=O) groups excluding carboxylic acids is 1. The average Bonchev–Trinajstić information content (AvgIpc) is 3.13. The molecule has 1 aliphatic rings. The Hall–Kier alpha value is -1.62. The summed E-state index contributed by atoms with van der Waals surface area (Å²) in [6, 6.07) is 5.26. The van der Waals surface area contributed by atoms with Crippen LogP contribution >= 0.6 is 12.2 Å². The molecule has 0 unspecified atom stereocenters. The Morgan fingerprint density at radius 2 is 2.24 bits per heavy atom. The molecule has 3 N–H and O–H groups in total. The summed E-state index contributed by atoms with van der Waals surface area (Å²) in [5, 5.41) is 2.84. The third kappa shape index (κ3) is 2.74. The Kier molecular flexibility index (Phi) is 3.28. The third-order valence-corrected chi connectivity index (χ3v) is 2.93. The zero-order valence-corrected chi connectivity index (χ0v) is 10.3. The van der Waals surface area contributed by atoms with Gasteiger partial charge in [0.1, 0.15) is 10.7 Å². The maximum atomic E-state index is 11.6. The summed E-state index contributed by atoms with van der Waals surface area (Å²) in [6.45, 7) is 0. The van der Waals surface area contributed by atoms with E-state index < -0.39 is 0 Å². The fraction of sp³-hybridized carbons (Fsp3) is 0.333. The Bertz CT molecular complexity index is 470. The second kappa shape index (κ2) is 4.71. The molecule has 1 fully saturated rings. The first-order chi connectivity index (χ1) is 8.11. The molecule has 0 saturated heterocycles. The monoisotopic (exact) mass is 250 g/mol. The Balaban J connectivity index is 2.20. The maximum Gasteiger partial charge on any atom is 0.227 e. The third-order valence-electron chi connectivity index (χ3n) is 2.69. The minimum Gasteiger partial charge on any atom is -0.495 e. The summed E-state index contributed by atoms with van der Waals surface area (Å²) in [5.74, 6) is 0.783. The van der Waals surface area contributed by atoms with Crippen molar-refractivity contribution in [1.82, 2.24) is 0 Å². The van der Waals surface area contributed by atoms with Gasteiger partial charge in [0.2, 0.25) is 5.91 Å². The fourth-order valence-electron chi connectivity index (χ4n) is 1.53. The summed E-state index contributed by atoms with van der Waals surface area (Å²) < 4.78 is 5.21. The standard InChI is InChI=1S/C12H14N2O2S/c1-16-10-6-8(11(13)17)4-5-9(10)14-12(15)7-2-3-7/h4-7H,2-3H2,1H3,(H2,13,17)(H,14,15). The number of amides is 1. The van der Waals surface area contributed by atoms with Crippen molar-refractivity contribution in [2.75, 3.05) is 12.4 Å². The minimum absolute atomic E-state index is 0.0476. The largest absolute Gasteiger partial charge is 0.495 e. The highest BCUT2D eigenvalue weighted by atomic mass is 32.1. The minimum atomic E-state index is 0.0476. The predicted octanol–water partition coefficient (Wildman–Crippen LogP) is 1.68. The van der Waals surface area contributed by atoms with Crippen LogP contribution < -0.4 is 15.8 Å². The number of carbonyl (C=O) groups is 1. The highest BCUT2D eigenvalue weighted by Gasteiger charge is 2.30. The zero-order valence-electron chi connectivity index (χ0n) is 9.53. The van der Waals surface area contributed by atoms with Gasteiger partial charge in [0.05, 0.1) is 12.8 Å². The van der Waals surface area contributed by atoms with E-state index in [-0.39, 0.29) is 11.8 Å². The molecular weight excluding hydrogens is 236 g/mol. The van der Waals surface area contributed by atoms with E-state index in [2.05, 4.69) is 5.32 Å². The summed E-state index contributed by atoms with van der Waals surface area (Å²) in [7, 11) is 1.55. The summed E-state index contributed by atoms with van der Waals surface area (Å²) in [4.78, 5) is 12.0. The molecule has 1 aromatic carbocycles. The van der Waals surface area contributed by atoms with E-state index in [1.807, 2.05) is 0 Å². The second-order valence-corrected chi connectivity index (χ2v) is 4.48. The first-order valence-electron chi connectivity index (χ1n) is 5.40. The van der Waals surface area contributed by atoms with E-state index in [4.69, 9.17) is 22.7 Å².